The summed E-state index contributed by atoms with van der Waals surface area (Å²) in [6.45, 7) is 1.95. The van der Waals surface area contributed by atoms with E-state index in [1.807, 2.05) is 0 Å². The van der Waals surface area contributed by atoms with Crippen molar-refractivity contribution in [3.8, 4) is 11.1 Å². The molecule has 2 N–H and O–H groups in total. The molecule has 4 heteroatoms. The standard InChI is InChI=1S/C44H44N2P2/c1-2-4-18-34-46-40-30-20-32-42(48(37-25-13-7-14-26-37)38-27-15-8-16-28-38)44(40)43-39(45-33-17-3-1)29-19-31-41(43)47(35-21-9-5-10-22-35)36-23-11-6-12-24-36/h5-16,19-32,45-46H,1-4,17-18,33-34H2. The SMILES string of the molecule is c1ccc(P(c2ccccc2)c2cccc3c2-c2c(cccc2P(c2ccccc2)c2ccccc2)NCCCCCCCCN3)cc1. The van der Waals surface area contributed by atoms with E-state index >= 15 is 0 Å². The van der Waals surface area contributed by atoms with Gasteiger partial charge in [-0.05, 0) is 72.6 Å². The number of hydrogen-bond acceptors (Lipinski definition) is 2. The zero-order chi connectivity index (χ0) is 32.4. The lowest BCUT2D eigenvalue weighted by Gasteiger charge is -2.30. The minimum atomic E-state index is -0.843. The molecule has 0 radical (unpaired) electrons. The van der Waals surface area contributed by atoms with Crippen LogP contribution in [0.2, 0.25) is 0 Å². The molecule has 0 fully saturated rings. The van der Waals surface area contributed by atoms with Crippen LogP contribution in [-0.2, 0) is 0 Å². The lowest BCUT2D eigenvalue weighted by Crippen LogP contribution is -2.27. The van der Waals surface area contributed by atoms with Crippen LogP contribution in [-0.4, -0.2) is 13.1 Å². The number of fused-ring (bicyclic) bond motifs is 3. The zero-order valence-electron chi connectivity index (χ0n) is 27.6. The summed E-state index contributed by atoms with van der Waals surface area (Å²) in [5.41, 5.74) is 5.14. The minimum Gasteiger partial charge on any atom is -0.385 e. The highest BCUT2D eigenvalue weighted by Crippen LogP contribution is 2.46. The lowest BCUT2D eigenvalue weighted by molar-refractivity contribution is 0.610. The number of benzene rings is 6. The number of nitrogens with one attached hydrogen (secondary N) is 2. The monoisotopic (exact) mass is 662 g/mol. The van der Waals surface area contributed by atoms with Crippen molar-refractivity contribution in [1.29, 1.82) is 0 Å². The average molecular weight is 663 g/mol. The van der Waals surface area contributed by atoms with Gasteiger partial charge in [-0.1, -0.05) is 171 Å². The van der Waals surface area contributed by atoms with Crippen molar-refractivity contribution in [3.05, 3.63) is 158 Å². The zero-order valence-corrected chi connectivity index (χ0v) is 29.4. The van der Waals surface area contributed by atoms with Crippen LogP contribution in [0.4, 0.5) is 11.4 Å². The van der Waals surface area contributed by atoms with Crippen LogP contribution in [0.1, 0.15) is 38.5 Å². The molecule has 1 aliphatic heterocycles. The minimum absolute atomic E-state index is 0.843. The molecule has 7 rings (SSSR count). The predicted octanol–water partition coefficient (Wildman–Crippen LogP) is 9.05. The van der Waals surface area contributed by atoms with Gasteiger partial charge in [0.2, 0.25) is 0 Å². The first kappa shape index (κ1) is 32.3. The maximum Gasteiger partial charge on any atom is 0.0427 e. The molecule has 2 nitrogen and oxygen atoms in total. The molecular formula is C44H44N2P2. The van der Waals surface area contributed by atoms with Gasteiger partial charge in [0.05, 0.1) is 0 Å². The highest BCUT2D eigenvalue weighted by atomic mass is 31.1. The van der Waals surface area contributed by atoms with E-state index in [1.54, 1.807) is 0 Å². The van der Waals surface area contributed by atoms with E-state index in [0.29, 0.717) is 0 Å². The summed E-state index contributed by atoms with van der Waals surface area (Å²) < 4.78 is 0. The number of hydrogen-bond donors (Lipinski definition) is 2. The third-order valence-electron chi connectivity index (χ3n) is 9.11. The quantitative estimate of drug-likeness (QED) is 0.174. The van der Waals surface area contributed by atoms with E-state index in [4.69, 9.17) is 0 Å². The Kier molecular flexibility index (Phi) is 10.9. The third kappa shape index (κ3) is 7.42. The van der Waals surface area contributed by atoms with E-state index < -0.39 is 15.8 Å². The van der Waals surface area contributed by atoms with E-state index in [0.717, 1.165) is 13.1 Å². The van der Waals surface area contributed by atoms with Gasteiger partial charge in [-0.2, -0.15) is 0 Å². The Hall–Kier alpha value is -4.22. The summed E-state index contributed by atoms with van der Waals surface area (Å²) >= 11 is 0. The van der Waals surface area contributed by atoms with Crippen LogP contribution >= 0.6 is 15.8 Å². The summed E-state index contributed by atoms with van der Waals surface area (Å²) in [6, 6.07) is 58.6. The van der Waals surface area contributed by atoms with Crippen molar-refractivity contribution in [2.75, 3.05) is 23.7 Å². The summed E-state index contributed by atoms with van der Waals surface area (Å²) in [4.78, 5) is 0. The fourth-order valence-corrected chi connectivity index (χ4v) is 11.8. The third-order valence-corrected chi connectivity index (χ3v) is 14.1. The van der Waals surface area contributed by atoms with Gasteiger partial charge in [-0.15, -0.1) is 0 Å². The Morgan fingerprint density at radius 2 is 0.625 bits per heavy atom. The largest absolute Gasteiger partial charge is 0.385 e. The second-order valence-electron chi connectivity index (χ2n) is 12.4. The van der Waals surface area contributed by atoms with Crippen LogP contribution in [0.5, 0.6) is 0 Å². The number of rotatable bonds is 6. The summed E-state index contributed by atoms with van der Waals surface area (Å²) in [6.07, 6.45) is 7.52. The van der Waals surface area contributed by atoms with E-state index in [9.17, 15) is 0 Å². The molecule has 0 saturated carbocycles. The van der Waals surface area contributed by atoms with Crippen LogP contribution < -0.4 is 42.5 Å². The van der Waals surface area contributed by atoms with Gasteiger partial charge >= 0.3 is 0 Å². The van der Waals surface area contributed by atoms with Crippen molar-refractivity contribution >= 4 is 59.0 Å². The average Bonchev–Trinajstić information content (AvgIpc) is 3.15. The van der Waals surface area contributed by atoms with Crippen molar-refractivity contribution in [2.45, 2.75) is 38.5 Å². The molecule has 0 aromatic heterocycles. The molecule has 0 unspecified atom stereocenters. The van der Waals surface area contributed by atoms with Gasteiger partial charge in [0, 0.05) is 35.6 Å². The molecule has 0 atom stereocenters. The van der Waals surface area contributed by atoms with E-state index in [-0.39, 0.29) is 0 Å². The molecule has 0 saturated heterocycles. The first-order chi connectivity index (χ1) is 23.9. The molecule has 1 heterocycles. The smallest absolute Gasteiger partial charge is 0.0427 e. The predicted molar refractivity (Wildman–Crippen MR) is 214 cm³/mol. The second-order valence-corrected chi connectivity index (χ2v) is 16.8. The highest BCUT2D eigenvalue weighted by Gasteiger charge is 2.28. The van der Waals surface area contributed by atoms with Crippen LogP contribution in [0.15, 0.2) is 158 Å². The fraction of sp³-hybridized carbons (Fsp3) is 0.182. The molecule has 1 aliphatic rings. The van der Waals surface area contributed by atoms with Gasteiger partial charge < -0.3 is 10.6 Å². The molecule has 0 amide bonds. The maximum absolute atomic E-state index is 3.99. The summed E-state index contributed by atoms with van der Waals surface area (Å²) in [5, 5.41) is 16.2. The molecule has 0 aliphatic carbocycles. The van der Waals surface area contributed by atoms with Gasteiger partial charge in [0.25, 0.3) is 0 Å². The summed E-state index contributed by atoms with van der Waals surface area (Å²) in [7, 11) is -1.69. The van der Waals surface area contributed by atoms with Crippen molar-refractivity contribution in [2.24, 2.45) is 0 Å². The Morgan fingerprint density at radius 1 is 0.312 bits per heavy atom. The Bertz CT molecular complexity index is 1660. The molecular weight excluding hydrogens is 618 g/mol. The summed E-state index contributed by atoms with van der Waals surface area (Å²) in [5.74, 6) is 0. The van der Waals surface area contributed by atoms with E-state index in [1.165, 1.54) is 92.9 Å². The van der Waals surface area contributed by atoms with Gasteiger partial charge in [0.15, 0.2) is 0 Å². The second kappa shape index (κ2) is 16.3. The Morgan fingerprint density at radius 3 is 0.958 bits per heavy atom. The van der Waals surface area contributed by atoms with Crippen LogP contribution in [0, 0.1) is 0 Å². The maximum atomic E-state index is 3.99. The van der Waals surface area contributed by atoms with Crippen LogP contribution in [0.25, 0.3) is 11.1 Å². The Labute approximate surface area is 289 Å². The molecule has 0 spiro atoms. The highest BCUT2D eigenvalue weighted by molar-refractivity contribution is 7.80. The Balaban J connectivity index is 1.54. The van der Waals surface area contributed by atoms with Gasteiger partial charge in [-0.25, -0.2) is 0 Å². The first-order valence-corrected chi connectivity index (χ1v) is 20.1. The van der Waals surface area contributed by atoms with Crippen LogP contribution in [0.3, 0.4) is 0 Å². The molecule has 48 heavy (non-hydrogen) atoms. The number of anilines is 2. The molecule has 0 bridgehead atoms. The normalized spacial score (nSPS) is 13.9. The molecule has 6 aromatic rings. The van der Waals surface area contributed by atoms with Gasteiger partial charge in [-0.3, -0.25) is 0 Å². The van der Waals surface area contributed by atoms with Crippen molar-refractivity contribution < 1.29 is 0 Å². The topological polar surface area (TPSA) is 24.1 Å². The van der Waals surface area contributed by atoms with Crippen molar-refractivity contribution in [1.82, 2.24) is 0 Å². The van der Waals surface area contributed by atoms with Crippen molar-refractivity contribution in [3.63, 3.8) is 0 Å². The van der Waals surface area contributed by atoms with E-state index in [2.05, 4.69) is 168 Å². The fourth-order valence-electron chi connectivity index (χ4n) is 6.84. The first-order valence-electron chi connectivity index (χ1n) is 17.4. The molecule has 6 aromatic carbocycles. The molecule has 240 valence electrons. The van der Waals surface area contributed by atoms with Gasteiger partial charge in [0.1, 0.15) is 0 Å². The lowest BCUT2D eigenvalue weighted by atomic mass is 10.00.